The van der Waals surface area contributed by atoms with Gasteiger partial charge < -0.3 is 24.8 Å². The number of methoxy groups -OCH3 is 1. The summed E-state index contributed by atoms with van der Waals surface area (Å²) in [6, 6.07) is 6.83. The van der Waals surface area contributed by atoms with E-state index in [2.05, 4.69) is 5.32 Å². The first kappa shape index (κ1) is 20.6. The number of hydrogen-bond donors (Lipinski definition) is 2. The number of hydrogen-bond acceptors (Lipinski definition) is 7. The molecule has 5 atom stereocenters. The fraction of sp³-hybridized carbons (Fsp3) is 0.526. The number of carbonyl (C=O) groups is 3. The van der Waals surface area contributed by atoms with Crippen LogP contribution in [0.25, 0.3) is 0 Å². The van der Waals surface area contributed by atoms with Crippen molar-refractivity contribution in [3.63, 3.8) is 0 Å². The summed E-state index contributed by atoms with van der Waals surface area (Å²) in [6.45, 7) is 2.15. The molecule has 9 heteroatoms. The molecule has 2 saturated heterocycles. The molecule has 1 aromatic rings. The smallest absolute Gasteiger partial charge is 0.329 e. The number of nitrogens with zero attached hydrogens (tertiary/aromatic N) is 1. The molecule has 2 N–H and O–H groups in total. The van der Waals surface area contributed by atoms with Gasteiger partial charge in [-0.15, -0.1) is 11.8 Å². The van der Waals surface area contributed by atoms with Crippen LogP contribution in [0.3, 0.4) is 0 Å². The van der Waals surface area contributed by atoms with E-state index in [1.807, 2.05) is 0 Å². The molecule has 0 unspecified atom stereocenters. The highest BCUT2D eigenvalue weighted by molar-refractivity contribution is 8.00. The summed E-state index contributed by atoms with van der Waals surface area (Å²) in [7, 11) is 1.26. The second-order valence-electron chi connectivity index (χ2n) is 6.62. The number of thioether (sulfide) groups is 1. The number of carbonyl (C=O) groups excluding carboxylic acids is 3. The molecule has 0 aromatic heterocycles. The van der Waals surface area contributed by atoms with Crippen LogP contribution in [0.4, 0.5) is 0 Å². The Morgan fingerprint density at radius 3 is 2.68 bits per heavy atom. The summed E-state index contributed by atoms with van der Waals surface area (Å²) in [5.74, 6) is -1.05. The van der Waals surface area contributed by atoms with Gasteiger partial charge in [0.1, 0.15) is 23.6 Å². The third kappa shape index (κ3) is 4.01. The summed E-state index contributed by atoms with van der Waals surface area (Å²) in [5, 5.41) is 12.9. The van der Waals surface area contributed by atoms with Gasteiger partial charge in [-0.05, 0) is 19.1 Å². The Hall–Kier alpha value is -2.10. The molecule has 8 nitrogen and oxygen atoms in total. The van der Waals surface area contributed by atoms with Crippen molar-refractivity contribution in [1.82, 2.24) is 10.2 Å². The molecule has 0 radical (unpaired) electrons. The van der Waals surface area contributed by atoms with Gasteiger partial charge in [0.15, 0.2) is 0 Å². The van der Waals surface area contributed by atoms with Crippen molar-refractivity contribution in [2.24, 2.45) is 0 Å². The minimum absolute atomic E-state index is 0.119. The Morgan fingerprint density at radius 1 is 1.32 bits per heavy atom. The summed E-state index contributed by atoms with van der Waals surface area (Å²) in [4.78, 5) is 39.3. The average Bonchev–Trinajstić information content (AvgIpc) is 3.13. The zero-order valence-electron chi connectivity index (χ0n) is 15.7. The van der Waals surface area contributed by atoms with Gasteiger partial charge in [0, 0.05) is 24.3 Å². The Labute approximate surface area is 167 Å². The number of aliphatic hydroxyl groups is 1. The van der Waals surface area contributed by atoms with E-state index in [1.54, 1.807) is 37.3 Å². The molecule has 2 fully saturated rings. The summed E-state index contributed by atoms with van der Waals surface area (Å²) < 4.78 is 10.5. The number of ether oxygens (including phenoxy) is 2. The number of esters is 1. The monoisotopic (exact) mass is 408 g/mol. The van der Waals surface area contributed by atoms with Gasteiger partial charge in [0.25, 0.3) is 5.91 Å². The number of amides is 2. The zero-order valence-corrected chi connectivity index (χ0v) is 16.6. The molecule has 2 aliphatic heterocycles. The maximum absolute atomic E-state index is 13.2. The fourth-order valence-electron chi connectivity index (χ4n) is 3.56. The molecule has 2 aliphatic rings. The van der Waals surface area contributed by atoms with E-state index in [0.29, 0.717) is 17.9 Å². The van der Waals surface area contributed by atoms with Crippen LogP contribution in [0.1, 0.15) is 23.7 Å². The first-order valence-corrected chi connectivity index (χ1v) is 10.2. The standard InChI is InChI=1S/C19H24N2O6S/c1-3-27-14-9-12(20-16(23)11-7-5-4-6-8-11)17(24)21-13(19(25)26-2)10-28-18(21)15(14)22/h4-8,12-15,18,22H,3,9-10H2,1-2H3,(H,20,23)/t12-,13+,14+,15-,18-/m1/s1. The number of benzene rings is 1. The molecular formula is C19H24N2O6S. The first-order chi connectivity index (χ1) is 13.5. The highest BCUT2D eigenvalue weighted by Crippen LogP contribution is 2.37. The molecule has 0 spiro atoms. The van der Waals surface area contributed by atoms with E-state index in [-0.39, 0.29) is 6.42 Å². The zero-order chi connectivity index (χ0) is 20.3. The fourth-order valence-corrected chi connectivity index (χ4v) is 5.02. The SMILES string of the molecule is CCO[C@H]1C[C@@H](NC(=O)c2ccccc2)C(=O)N2[C@H](SC[C@H]2C(=O)OC)[C@@H]1O. The summed E-state index contributed by atoms with van der Waals surface area (Å²) in [6.07, 6.45) is -1.51. The lowest BCUT2D eigenvalue weighted by Gasteiger charge is -2.30. The Bertz CT molecular complexity index is 730. The van der Waals surface area contributed by atoms with Gasteiger partial charge in [0.05, 0.1) is 13.2 Å². The van der Waals surface area contributed by atoms with Gasteiger partial charge >= 0.3 is 5.97 Å². The Kier molecular flexibility index (Phi) is 6.58. The number of rotatable bonds is 5. The lowest BCUT2D eigenvalue weighted by Crippen LogP contribution is -2.54. The van der Waals surface area contributed by atoms with Crippen molar-refractivity contribution in [3.8, 4) is 0 Å². The third-order valence-corrected chi connectivity index (χ3v) is 6.28. The predicted molar refractivity (Wildman–Crippen MR) is 103 cm³/mol. The minimum Gasteiger partial charge on any atom is -0.467 e. The van der Waals surface area contributed by atoms with Crippen LogP contribution in [0.15, 0.2) is 30.3 Å². The van der Waals surface area contributed by atoms with Gasteiger partial charge in [-0.3, -0.25) is 9.59 Å². The van der Waals surface area contributed by atoms with E-state index < -0.39 is 47.4 Å². The number of aliphatic hydroxyl groups excluding tert-OH is 1. The van der Waals surface area contributed by atoms with Crippen molar-refractivity contribution in [1.29, 1.82) is 0 Å². The molecule has 2 heterocycles. The molecule has 1 aromatic carbocycles. The van der Waals surface area contributed by atoms with Crippen LogP contribution in [0, 0.1) is 0 Å². The highest BCUT2D eigenvalue weighted by Gasteiger charge is 2.52. The molecule has 0 saturated carbocycles. The minimum atomic E-state index is -0.984. The van der Waals surface area contributed by atoms with Gasteiger partial charge in [-0.1, -0.05) is 18.2 Å². The lowest BCUT2D eigenvalue weighted by atomic mass is 10.1. The first-order valence-electron chi connectivity index (χ1n) is 9.15. The van der Waals surface area contributed by atoms with Gasteiger partial charge in [-0.2, -0.15) is 0 Å². The van der Waals surface area contributed by atoms with Crippen LogP contribution >= 0.6 is 11.8 Å². The van der Waals surface area contributed by atoms with E-state index in [4.69, 9.17) is 9.47 Å². The van der Waals surface area contributed by atoms with E-state index in [9.17, 15) is 19.5 Å². The van der Waals surface area contributed by atoms with E-state index in [0.717, 1.165) is 0 Å². The largest absolute Gasteiger partial charge is 0.467 e. The van der Waals surface area contributed by atoms with Crippen molar-refractivity contribution in [2.45, 2.75) is 43.0 Å². The molecule has 0 bridgehead atoms. The van der Waals surface area contributed by atoms with Crippen molar-refractivity contribution >= 4 is 29.5 Å². The molecular weight excluding hydrogens is 384 g/mol. The van der Waals surface area contributed by atoms with Gasteiger partial charge in [-0.25, -0.2) is 4.79 Å². The number of fused-ring (bicyclic) bond motifs is 1. The Morgan fingerprint density at radius 2 is 2.04 bits per heavy atom. The molecule has 3 rings (SSSR count). The summed E-state index contributed by atoms with van der Waals surface area (Å²) >= 11 is 1.31. The van der Waals surface area contributed by atoms with Crippen molar-refractivity contribution in [3.05, 3.63) is 35.9 Å². The molecule has 2 amide bonds. The molecule has 152 valence electrons. The maximum atomic E-state index is 13.2. The topological polar surface area (TPSA) is 105 Å². The quantitative estimate of drug-likeness (QED) is 0.680. The second-order valence-corrected chi connectivity index (χ2v) is 7.77. The second kappa shape index (κ2) is 8.93. The predicted octanol–water partition coefficient (Wildman–Crippen LogP) is 0.398. The molecule has 0 aliphatic carbocycles. The van der Waals surface area contributed by atoms with E-state index in [1.165, 1.54) is 23.8 Å². The van der Waals surface area contributed by atoms with Crippen LogP contribution in [-0.2, 0) is 19.1 Å². The maximum Gasteiger partial charge on any atom is 0.329 e. The van der Waals surface area contributed by atoms with Crippen LogP contribution in [-0.4, -0.2) is 76.9 Å². The lowest BCUT2D eigenvalue weighted by molar-refractivity contribution is -0.153. The number of nitrogens with one attached hydrogen (secondary N) is 1. The van der Waals surface area contributed by atoms with Crippen LogP contribution in [0.2, 0.25) is 0 Å². The average molecular weight is 408 g/mol. The Balaban J connectivity index is 1.88. The summed E-state index contributed by atoms with van der Waals surface area (Å²) in [5.41, 5.74) is 0.421. The van der Waals surface area contributed by atoms with E-state index >= 15 is 0 Å². The third-order valence-electron chi connectivity index (χ3n) is 4.92. The van der Waals surface area contributed by atoms with Crippen molar-refractivity contribution in [2.75, 3.05) is 19.5 Å². The highest BCUT2D eigenvalue weighted by atomic mass is 32.2. The molecule has 28 heavy (non-hydrogen) atoms. The van der Waals surface area contributed by atoms with Crippen molar-refractivity contribution < 1.29 is 29.0 Å². The normalized spacial score (nSPS) is 29.8. The van der Waals surface area contributed by atoms with Crippen LogP contribution < -0.4 is 5.32 Å². The van der Waals surface area contributed by atoms with Crippen LogP contribution in [0.5, 0.6) is 0 Å². The van der Waals surface area contributed by atoms with Gasteiger partial charge in [0.2, 0.25) is 5.91 Å².